The Hall–Kier alpha value is -3.35. The van der Waals surface area contributed by atoms with Crippen molar-refractivity contribution in [3.05, 3.63) is 59.7 Å². The molecule has 0 bridgehead atoms. The van der Waals surface area contributed by atoms with E-state index < -0.39 is 18.1 Å². The summed E-state index contributed by atoms with van der Waals surface area (Å²) in [6.07, 6.45) is 1.62. The lowest BCUT2D eigenvalue weighted by Gasteiger charge is -2.24. The molecule has 0 heterocycles. The molecule has 2 N–H and O–H groups in total. The smallest absolute Gasteiger partial charge is 0.407 e. The second kappa shape index (κ2) is 10.1. The van der Waals surface area contributed by atoms with Crippen LogP contribution in [-0.2, 0) is 14.3 Å². The number of fused-ring (bicyclic) bond motifs is 3. The average molecular weight is 451 g/mol. The van der Waals surface area contributed by atoms with Gasteiger partial charge >= 0.3 is 12.1 Å². The number of ether oxygens (including phenoxy) is 1. The second-order valence-corrected chi connectivity index (χ2v) is 9.00. The Balaban J connectivity index is 1.30. The number of rotatable bonds is 10. The summed E-state index contributed by atoms with van der Waals surface area (Å²) in [5.41, 5.74) is 4.61. The maximum absolute atomic E-state index is 12.7. The van der Waals surface area contributed by atoms with Gasteiger partial charge in [-0.05, 0) is 47.9 Å². The molecule has 2 aromatic rings. The number of benzene rings is 2. The fourth-order valence-electron chi connectivity index (χ4n) is 4.44. The number of nitrogens with one attached hydrogen (secondary N) is 1. The molecule has 0 aromatic heterocycles. The van der Waals surface area contributed by atoms with Gasteiger partial charge in [-0.3, -0.25) is 9.59 Å². The maximum atomic E-state index is 12.7. The molecule has 1 atom stereocenters. The van der Waals surface area contributed by atoms with Gasteiger partial charge in [-0.15, -0.1) is 0 Å². The number of alkyl carbamates (subject to hydrolysis) is 1. The number of carboxylic acid groups (broad SMARTS) is 1. The van der Waals surface area contributed by atoms with E-state index in [4.69, 9.17) is 9.84 Å². The highest BCUT2D eigenvalue weighted by atomic mass is 16.5. The van der Waals surface area contributed by atoms with Crippen molar-refractivity contribution < 1.29 is 24.2 Å². The summed E-state index contributed by atoms with van der Waals surface area (Å²) in [6, 6.07) is 15.9. The molecular weight excluding hydrogens is 420 g/mol. The first kappa shape index (κ1) is 22.8. The summed E-state index contributed by atoms with van der Waals surface area (Å²) in [6.45, 7) is 2.75. The molecule has 0 radical (unpaired) electrons. The highest BCUT2D eigenvalue weighted by molar-refractivity contribution is 5.80. The first-order valence-electron chi connectivity index (χ1n) is 11.5. The molecule has 0 saturated heterocycles. The van der Waals surface area contributed by atoms with Gasteiger partial charge in [-0.1, -0.05) is 48.5 Å². The minimum absolute atomic E-state index is 0.0230. The molecule has 7 nitrogen and oxygen atoms in total. The molecule has 174 valence electrons. The number of carbonyl (C=O) groups is 3. The summed E-state index contributed by atoms with van der Waals surface area (Å²) >= 11 is 0. The van der Waals surface area contributed by atoms with Crippen LogP contribution in [0.3, 0.4) is 0 Å². The monoisotopic (exact) mass is 450 g/mol. The Labute approximate surface area is 193 Å². The van der Waals surface area contributed by atoms with Gasteiger partial charge in [0.1, 0.15) is 6.61 Å². The molecule has 0 spiro atoms. The lowest BCUT2D eigenvalue weighted by atomic mass is 9.98. The van der Waals surface area contributed by atoms with Crippen molar-refractivity contribution in [1.82, 2.24) is 10.2 Å². The standard InChI is InChI=1S/C26H30N2O5/c1-17(14-24(29)28(13-12-25(30)31)15-18-10-11-18)27-26(32)33-16-23-21-8-4-2-6-19(21)20-7-3-5-9-22(20)23/h2-9,17-18,23H,10-16H2,1H3,(H,27,32)(H,30,31). The predicted octanol–water partition coefficient (Wildman–Crippen LogP) is 4.02. The number of aliphatic carboxylic acids is 1. The lowest BCUT2D eigenvalue weighted by Crippen LogP contribution is -2.41. The molecule has 2 amide bonds. The van der Waals surface area contributed by atoms with Crippen LogP contribution in [0.5, 0.6) is 0 Å². The number of nitrogens with zero attached hydrogens (tertiary/aromatic N) is 1. The predicted molar refractivity (Wildman–Crippen MR) is 124 cm³/mol. The number of hydrogen-bond donors (Lipinski definition) is 2. The summed E-state index contributed by atoms with van der Waals surface area (Å²) in [5, 5.41) is 11.7. The molecular formula is C26H30N2O5. The van der Waals surface area contributed by atoms with Crippen LogP contribution in [0.2, 0.25) is 0 Å². The van der Waals surface area contributed by atoms with Crippen LogP contribution < -0.4 is 5.32 Å². The van der Waals surface area contributed by atoms with Gasteiger partial charge in [0.15, 0.2) is 0 Å². The Morgan fingerprint density at radius 1 is 1.06 bits per heavy atom. The van der Waals surface area contributed by atoms with Crippen LogP contribution in [0.25, 0.3) is 11.1 Å². The third-order valence-electron chi connectivity index (χ3n) is 6.31. The van der Waals surface area contributed by atoms with Crippen LogP contribution >= 0.6 is 0 Å². The highest BCUT2D eigenvalue weighted by Crippen LogP contribution is 2.44. The van der Waals surface area contributed by atoms with Crippen molar-refractivity contribution in [2.75, 3.05) is 19.7 Å². The largest absolute Gasteiger partial charge is 0.481 e. The zero-order chi connectivity index (χ0) is 23.4. The normalized spacial score (nSPS) is 15.3. The first-order chi connectivity index (χ1) is 15.9. The Morgan fingerprint density at radius 3 is 2.24 bits per heavy atom. The van der Waals surface area contributed by atoms with Crippen molar-refractivity contribution in [2.45, 2.75) is 44.6 Å². The fraction of sp³-hybridized carbons (Fsp3) is 0.423. The van der Waals surface area contributed by atoms with Crippen LogP contribution in [0.1, 0.15) is 49.7 Å². The van der Waals surface area contributed by atoms with Gasteiger partial charge < -0.3 is 20.1 Å². The molecule has 1 fully saturated rings. The van der Waals surface area contributed by atoms with Gasteiger partial charge in [-0.25, -0.2) is 4.79 Å². The zero-order valence-electron chi connectivity index (χ0n) is 18.8. The van der Waals surface area contributed by atoms with Gasteiger partial charge in [0.05, 0.1) is 6.42 Å². The van der Waals surface area contributed by atoms with E-state index in [2.05, 4.69) is 29.6 Å². The number of amides is 2. The number of carboxylic acids is 1. The van der Waals surface area contributed by atoms with E-state index >= 15 is 0 Å². The fourth-order valence-corrected chi connectivity index (χ4v) is 4.44. The van der Waals surface area contributed by atoms with E-state index in [9.17, 15) is 14.4 Å². The van der Waals surface area contributed by atoms with Crippen molar-refractivity contribution in [3.63, 3.8) is 0 Å². The third-order valence-corrected chi connectivity index (χ3v) is 6.31. The van der Waals surface area contributed by atoms with E-state index in [0.29, 0.717) is 12.5 Å². The van der Waals surface area contributed by atoms with Gasteiger partial charge in [0.25, 0.3) is 0 Å². The van der Waals surface area contributed by atoms with Crippen LogP contribution in [-0.4, -0.2) is 53.7 Å². The molecule has 0 aliphatic heterocycles. The van der Waals surface area contributed by atoms with Crippen LogP contribution in [0.4, 0.5) is 4.79 Å². The Kier molecular flexibility index (Phi) is 6.96. The molecule has 2 aliphatic rings. The van der Waals surface area contributed by atoms with Crippen LogP contribution in [0.15, 0.2) is 48.5 Å². The minimum Gasteiger partial charge on any atom is -0.481 e. The van der Waals surface area contributed by atoms with E-state index in [1.54, 1.807) is 11.8 Å². The highest BCUT2D eigenvalue weighted by Gasteiger charge is 2.30. The minimum atomic E-state index is -0.923. The number of carbonyl (C=O) groups excluding carboxylic acids is 2. The topological polar surface area (TPSA) is 95.9 Å². The molecule has 2 aromatic carbocycles. The SMILES string of the molecule is CC(CC(=O)N(CCC(=O)O)CC1CC1)NC(=O)OCC1c2ccccc2-c2ccccc21. The summed E-state index contributed by atoms with van der Waals surface area (Å²) < 4.78 is 5.55. The second-order valence-electron chi connectivity index (χ2n) is 9.00. The van der Waals surface area contributed by atoms with E-state index in [0.717, 1.165) is 35.1 Å². The van der Waals surface area contributed by atoms with Crippen molar-refractivity contribution in [2.24, 2.45) is 5.92 Å². The Bertz CT molecular complexity index is 987. The average Bonchev–Trinajstić information content (AvgIpc) is 3.55. The van der Waals surface area contributed by atoms with E-state index in [-0.39, 0.29) is 37.8 Å². The van der Waals surface area contributed by atoms with Gasteiger partial charge in [0.2, 0.25) is 5.91 Å². The van der Waals surface area contributed by atoms with E-state index in [1.807, 2.05) is 24.3 Å². The lowest BCUT2D eigenvalue weighted by molar-refractivity contribution is -0.138. The van der Waals surface area contributed by atoms with Crippen molar-refractivity contribution in [3.8, 4) is 11.1 Å². The molecule has 33 heavy (non-hydrogen) atoms. The first-order valence-corrected chi connectivity index (χ1v) is 11.5. The van der Waals surface area contributed by atoms with E-state index in [1.165, 1.54) is 0 Å². The van der Waals surface area contributed by atoms with Gasteiger partial charge in [-0.2, -0.15) is 0 Å². The molecule has 1 unspecified atom stereocenters. The van der Waals surface area contributed by atoms with Crippen LogP contribution in [0, 0.1) is 5.92 Å². The Morgan fingerprint density at radius 2 is 1.67 bits per heavy atom. The molecule has 7 heteroatoms. The number of hydrogen-bond acceptors (Lipinski definition) is 4. The molecule has 1 saturated carbocycles. The molecule has 4 rings (SSSR count). The van der Waals surface area contributed by atoms with Crippen molar-refractivity contribution >= 4 is 18.0 Å². The molecule has 2 aliphatic carbocycles. The van der Waals surface area contributed by atoms with Crippen molar-refractivity contribution in [1.29, 1.82) is 0 Å². The quantitative estimate of drug-likeness (QED) is 0.570. The maximum Gasteiger partial charge on any atom is 0.407 e. The summed E-state index contributed by atoms with van der Waals surface area (Å²) in [5.74, 6) is -0.624. The zero-order valence-corrected chi connectivity index (χ0v) is 18.8. The van der Waals surface area contributed by atoms with Gasteiger partial charge in [0, 0.05) is 31.5 Å². The third kappa shape index (κ3) is 5.72. The summed E-state index contributed by atoms with van der Waals surface area (Å²) in [4.78, 5) is 37.7. The summed E-state index contributed by atoms with van der Waals surface area (Å²) in [7, 11) is 0.